The van der Waals surface area contributed by atoms with E-state index in [-0.39, 0.29) is 6.61 Å². The summed E-state index contributed by atoms with van der Waals surface area (Å²) in [6.45, 7) is 6.13. The van der Waals surface area contributed by atoms with E-state index in [9.17, 15) is 5.11 Å². The number of benzene rings is 1. The predicted molar refractivity (Wildman–Crippen MR) is 78.8 cm³/mol. The van der Waals surface area contributed by atoms with E-state index in [4.69, 9.17) is 4.74 Å². The molecule has 0 saturated carbocycles. The normalized spacial score (nSPS) is 10.6. The Balaban J connectivity index is 2.02. The van der Waals surface area contributed by atoms with Crippen molar-refractivity contribution in [3.8, 4) is 5.75 Å². The number of hydrogen-bond donors (Lipinski definition) is 2. The van der Waals surface area contributed by atoms with Crippen molar-refractivity contribution < 1.29 is 9.84 Å². The third-order valence-corrected chi connectivity index (χ3v) is 3.04. The maximum atomic E-state index is 9.37. The lowest BCUT2D eigenvalue weighted by atomic mass is 10.2. The largest absolute Gasteiger partial charge is 0.494 e. The molecule has 5 heteroatoms. The van der Waals surface area contributed by atoms with Crippen LogP contribution < -0.4 is 10.1 Å². The second-order valence-corrected chi connectivity index (χ2v) is 4.47. The fourth-order valence-corrected chi connectivity index (χ4v) is 1.98. The van der Waals surface area contributed by atoms with E-state index < -0.39 is 0 Å². The quantitative estimate of drug-likeness (QED) is 0.814. The van der Waals surface area contributed by atoms with E-state index >= 15 is 0 Å². The van der Waals surface area contributed by atoms with Gasteiger partial charge in [0.15, 0.2) is 0 Å². The van der Waals surface area contributed by atoms with Gasteiger partial charge in [-0.25, -0.2) is 0 Å². The molecule has 0 atom stereocenters. The highest BCUT2D eigenvalue weighted by atomic mass is 16.5. The van der Waals surface area contributed by atoms with Gasteiger partial charge in [-0.3, -0.25) is 4.68 Å². The monoisotopic (exact) mass is 275 g/mol. The van der Waals surface area contributed by atoms with E-state index in [0.29, 0.717) is 13.2 Å². The van der Waals surface area contributed by atoms with Crippen LogP contribution in [0.3, 0.4) is 0 Å². The molecule has 0 aliphatic carbocycles. The average Bonchev–Trinajstić information content (AvgIpc) is 2.94. The van der Waals surface area contributed by atoms with Gasteiger partial charge in [0.05, 0.1) is 19.4 Å². The summed E-state index contributed by atoms with van der Waals surface area (Å²) in [6, 6.07) is 5.75. The molecule has 0 radical (unpaired) electrons. The van der Waals surface area contributed by atoms with Crippen molar-refractivity contribution in [2.45, 2.75) is 33.5 Å². The molecule has 0 aliphatic rings. The van der Waals surface area contributed by atoms with Crippen LogP contribution in [0.2, 0.25) is 0 Å². The molecule has 0 amide bonds. The summed E-state index contributed by atoms with van der Waals surface area (Å²) in [5.41, 5.74) is 2.88. The number of anilines is 1. The fourth-order valence-electron chi connectivity index (χ4n) is 1.98. The Morgan fingerprint density at radius 3 is 2.85 bits per heavy atom. The standard InChI is InChI=1S/C15H21N3O2/c1-3-18-10-12(9-17-18)8-16-14-5-6-15(20-4-2)13(7-14)11-19/h5-7,9-10,16,19H,3-4,8,11H2,1-2H3. The molecular weight excluding hydrogens is 254 g/mol. The third-order valence-electron chi connectivity index (χ3n) is 3.04. The summed E-state index contributed by atoms with van der Waals surface area (Å²) in [5.74, 6) is 0.736. The summed E-state index contributed by atoms with van der Waals surface area (Å²) in [6.07, 6.45) is 3.88. The van der Waals surface area contributed by atoms with Crippen LogP contribution in [0.15, 0.2) is 30.6 Å². The number of aromatic nitrogens is 2. The van der Waals surface area contributed by atoms with Gasteiger partial charge in [-0.1, -0.05) is 0 Å². The van der Waals surface area contributed by atoms with Crippen molar-refractivity contribution in [3.05, 3.63) is 41.7 Å². The van der Waals surface area contributed by atoms with Crippen LogP contribution in [0.25, 0.3) is 0 Å². The minimum Gasteiger partial charge on any atom is -0.494 e. The van der Waals surface area contributed by atoms with E-state index in [1.54, 1.807) is 0 Å². The summed E-state index contributed by atoms with van der Waals surface area (Å²) in [7, 11) is 0. The molecule has 108 valence electrons. The number of nitrogens with zero attached hydrogens (tertiary/aromatic N) is 2. The lowest BCUT2D eigenvalue weighted by Crippen LogP contribution is -2.01. The Hall–Kier alpha value is -2.01. The van der Waals surface area contributed by atoms with Crippen molar-refractivity contribution in [2.24, 2.45) is 0 Å². The van der Waals surface area contributed by atoms with Gasteiger partial charge < -0.3 is 15.2 Å². The minimum atomic E-state index is -0.0291. The minimum absolute atomic E-state index is 0.0291. The molecule has 0 bridgehead atoms. The first kappa shape index (κ1) is 14.4. The SMILES string of the molecule is CCOc1ccc(NCc2cnn(CC)c2)cc1CO. The first-order chi connectivity index (χ1) is 9.76. The predicted octanol–water partition coefficient (Wildman–Crippen LogP) is 2.41. The number of nitrogens with one attached hydrogen (secondary N) is 1. The zero-order chi connectivity index (χ0) is 14.4. The number of aryl methyl sites for hydroxylation is 1. The van der Waals surface area contributed by atoms with Gasteiger partial charge in [-0.15, -0.1) is 0 Å². The maximum Gasteiger partial charge on any atom is 0.124 e. The molecule has 2 N–H and O–H groups in total. The third kappa shape index (κ3) is 3.51. The molecule has 1 heterocycles. The second-order valence-electron chi connectivity index (χ2n) is 4.47. The van der Waals surface area contributed by atoms with Gasteiger partial charge >= 0.3 is 0 Å². The number of ether oxygens (including phenoxy) is 1. The van der Waals surface area contributed by atoms with Gasteiger partial charge in [0.25, 0.3) is 0 Å². The Morgan fingerprint density at radius 1 is 1.35 bits per heavy atom. The van der Waals surface area contributed by atoms with Crippen molar-refractivity contribution in [3.63, 3.8) is 0 Å². The van der Waals surface area contributed by atoms with Gasteiger partial charge in [-0.2, -0.15) is 5.10 Å². The average molecular weight is 275 g/mol. The van der Waals surface area contributed by atoms with Crippen molar-refractivity contribution >= 4 is 5.69 Å². The first-order valence-electron chi connectivity index (χ1n) is 6.88. The van der Waals surface area contributed by atoms with E-state index in [2.05, 4.69) is 17.3 Å². The van der Waals surface area contributed by atoms with E-state index in [1.165, 1.54) is 0 Å². The van der Waals surface area contributed by atoms with Crippen LogP contribution in [0.4, 0.5) is 5.69 Å². The summed E-state index contributed by atoms with van der Waals surface area (Å²) >= 11 is 0. The Labute approximate surface area is 119 Å². The fraction of sp³-hybridized carbons (Fsp3) is 0.400. The first-order valence-corrected chi connectivity index (χ1v) is 6.88. The highest BCUT2D eigenvalue weighted by Gasteiger charge is 2.04. The Kier molecular flexibility index (Phi) is 5.01. The molecule has 1 aromatic carbocycles. The highest BCUT2D eigenvalue weighted by molar-refractivity contribution is 5.51. The molecule has 2 rings (SSSR count). The van der Waals surface area contributed by atoms with Gasteiger partial charge in [-0.05, 0) is 32.0 Å². The van der Waals surface area contributed by atoms with Crippen molar-refractivity contribution in [1.82, 2.24) is 9.78 Å². The summed E-state index contributed by atoms with van der Waals surface area (Å²) < 4.78 is 7.36. The van der Waals surface area contributed by atoms with Gasteiger partial charge in [0, 0.05) is 36.1 Å². The number of hydrogen-bond acceptors (Lipinski definition) is 4. The molecule has 20 heavy (non-hydrogen) atoms. The van der Waals surface area contributed by atoms with Gasteiger partial charge in [0.1, 0.15) is 5.75 Å². The van der Waals surface area contributed by atoms with Crippen LogP contribution in [0.5, 0.6) is 5.75 Å². The van der Waals surface area contributed by atoms with Crippen LogP contribution in [0.1, 0.15) is 25.0 Å². The van der Waals surface area contributed by atoms with Gasteiger partial charge in [0.2, 0.25) is 0 Å². The maximum absolute atomic E-state index is 9.37. The van der Waals surface area contributed by atoms with Crippen LogP contribution in [-0.4, -0.2) is 21.5 Å². The lowest BCUT2D eigenvalue weighted by molar-refractivity contribution is 0.267. The Bertz CT molecular complexity index is 552. The van der Waals surface area contributed by atoms with E-state index in [1.807, 2.05) is 42.2 Å². The number of aliphatic hydroxyl groups is 1. The zero-order valence-electron chi connectivity index (χ0n) is 12.0. The number of aliphatic hydroxyl groups excluding tert-OH is 1. The van der Waals surface area contributed by atoms with Crippen molar-refractivity contribution in [2.75, 3.05) is 11.9 Å². The molecule has 2 aromatic rings. The lowest BCUT2D eigenvalue weighted by Gasteiger charge is -2.11. The summed E-state index contributed by atoms with van der Waals surface area (Å²) in [5, 5.41) is 16.9. The molecule has 1 aromatic heterocycles. The molecule has 0 unspecified atom stereocenters. The molecule has 0 saturated heterocycles. The second kappa shape index (κ2) is 6.96. The van der Waals surface area contributed by atoms with E-state index in [0.717, 1.165) is 29.1 Å². The Morgan fingerprint density at radius 2 is 2.20 bits per heavy atom. The van der Waals surface area contributed by atoms with Crippen molar-refractivity contribution in [1.29, 1.82) is 0 Å². The van der Waals surface area contributed by atoms with Crippen LogP contribution >= 0.6 is 0 Å². The molecule has 0 fully saturated rings. The topological polar surface area (TPSA) is 59.3 Å². The summed E-state index contributed by atoms with van der Waals surface area (Å²) in [4.78, 5) is 0. The molecule has 0 spiro atoms. The highest BCUT2D eigenvalue weighted by Crippen LogP contribution is 2.23. The molecule has 5 nitrogen and oxygen atoms in total. The van der Waals surface area contributed by atoms with Crippen LogP contribution in [-0.2, 0) is 19.7 Å². The zero-order valence-corrected chi connectivity index (χ0v) is 12.0. The number of rotatable bonds is 7. The smallest absolute Gasteiger partial charge is 0.124 e. The molecular formula is C15H21N3O2. The van der Waals surface area contributed by atoms with Crippen LogP contribution in [0, 0.1) is 0 Å². The molecule has 0 aliphatic heterocycles.